The van der Waals surface area contributed by atoms with Gasteiger partial charge in [-0.15, -0.1) is 0 Å². The molecule has 0 saturated heterocycles. The highest BCUT2D eigenvalue weighted by Crippen LogP contribution is 2.35. The van der Waals surface area contributed by atoms with Gasteiger partial charge in [0.25, 0.3) is 0 Å². The van der Waals surface area contributed by atoms with Crippen LogP contribution < -0.4 is 4.74 Å². The molecular formula is C21H25N3O. The summed E-state index contributed by atoms with van der Waals surface area (Å²) < 4.78 is 6.21. The average molecular weight is 335 g/mol. The van der Waals surface area contributed by atoms with E-state index in [-0.39, 0.29) is 6.10 Å². The predicted molar refractivity (Wildman–Crippen MR) is 104 cm³/mol. The minimum absolute atomic E-state index is 0.176. The summed E-state index contributed by atoms with van der Waals surface area (Å²) in [5.41, 5.74) is 3.83. The van der Waals surface area contributed by atoms with Crippen LogP contribution in [0, 0.1) is 6.92 Å². The van der Waals surface area contributed by atoms with Crippen molar-refractivity contribution < 1.29 is 4.74 Å². The SMILES string of the molecule is CCN(C)C=Nc1cc(-c2ccccc2)c(OC2CC=CC2)nc1C. The first kappa shape index (κ1) is 17.2. The van der Waals surface area contributed by atoms with Crippen molar-refractivity contribution in [3.05, 3.63) is 54.2 Å². The van der Waals surface area contributed by atoms with Crippen LogP contribution >= 0.6 is 0 Å². The molecule has 1 aliphatic carbocycles. The van der Waals surface area contributed by atoms with Crippen molar-refractivity contribution in [2.24, 2.45) is 4.99 Å². The van der Waals surface area contributed by atoms with Gasteiger partial charge in [0, 0.05) is 32.0 Å². The monoisotopic (exact) mass is 335 g/mol. The largest absolute Gasteiger partial charge is 0.473 e. The highest BCUT2D eigenvalue weighted by atomic mass is 16.5. The molecule has 130 valence electrons. The van der Waals surface area contributed by atoms with E-state index < -0.39 is 0 Å². The molecule has 0 radical (unpaired) electrons. The molecule has 4 nitrogen and oxygen atoms in total. The van der Waals surface area contributed by atoms with Crippen molar-refractivity contribution >= 4 is 12.0 Å². The Kier molecular flexibility index (Phi) is 5.49. The Morgan fingerprint density at radius 1 is 1.24 bits per heavy atom. The van der Waals surface area contributed by atoms with Crippen molar-refractivity contribution in [3.8, 4) is 17.0 Å². The molecule has 0 bridgehead atoms. The molecule has 4 heteroatoms. The van der Waals surface area contributed by atoms with Crippen molar-refractivity contribution in [3.63, 3.8) is 0 Å². The Bertz CT molecular complexity index is 760. The van der Waals surface area contributed by atoms with Gasteiger partial charge >= 0.3 is 0 Å². The fourth-order valence-corrected chi connectivity index (χ4v) is 2.71. The molecule has 25 heavy (non-hydrogen) atoms. The van der Waals surface area contributed by atoms with E-state index in [1.54, 1.807) is 0 Å². The van der Waals surface area contributed by atoms with Gasteiger partial charge in [0.2, 0.25) is 5.88 Å². The second-order valence-electron chi connectivity index (χ2n) is 6.31. The van der Waals surface area contributed by atoms with Crippen LogP contribution in [0.4, 0.5) is 5.69 Å². The summed E-state index contributed by atoms with van der Waals surface area (Å²) in [6.45, 7) is 4.99. The maximum atomic E-state index is 6.21. The summed E-state index contributed by atoms with van der Waals surface area (Å²) in [5.74, 6) is 0.695. The molecule has 3 rings (SSSR count). The van der Waals surface area contributed by atoms with Crippen LogP contribution in [0.5, 0.6) is 5.88 Å². The number of aliphatic imine (C=N–C) groups is 1. The van der Waals surface area contributed by atoms with Crippen molar-refractivity contribution in [2.45, 2.75) is 32.8 Å². The molecule has 0 unspecified atom stereocenters. The zero-order valence-electron chi connectivity index (χ0n) is 15.1. The first-order chi connectivity index (χ1) is 12.2. The van der Waals surface area contributed by atoms with Crippen LogP contribution in [0.2, 0.25) is 0 Å². The summed E-state index contributed by atoms with van der Waals surface area (Å²) in [6.07, 6.45) is 8.24. The van der Waals surface area contributed by atoms with Gasteiger partial charge in [-0.2, -0.15) is 0 Å². The molecule has 0 aliphatic heterocycles. The Morgan fingerprint density at radius 3 is 2.64 bits per heavy atom. The fourth-order valence-electron chi connectivity index (χ4n) is 2.71. The highest BCUT2D eigenvalue weighted by Gasteiger charge is 2.18. The second kappa shape index (κ2) is 7.97. The van der Waals surface area contributed by atoms with E-state index >= 15 is 0 Å². The highest BCUT2D eigenvalue weighted by molar-refractivity contribution is 5.74. The molecule has 1 heterocycles. The summed E-state index contributed by atoms with van der Waals surface area (Å²) in [4.78, 5) is 11.4. The van der Waals surface area contributed by atoms with Crippen LogP contribution in [0.1, 0.15) is 25.5 Å². The Hall–Kier alpha value is -2.62. The van der Waals surface area contributed by atoms with Gasteiger partial charge in [-0.25, -0.2) is 9.98 Å². The van der Waals surface area contributed by atoms with Gasteiger partial charge in [0.05, 0.1) is 17.7 Å². The quantitative estimate of drug-likeness (QED) is 0.434. The summed E-state index contributed by atoms with van der Waals surface area (Å²) >= 11 is 0. The minimum Gasteiger partial charge on any atom is -0.473 e. The van der Waals surface area contributed by atoms with Crippen LogP contribution in [-0.2, 0) is 0 Å². The third kappa shape index (κ3) is 4.27. The van der Waals surface area contributed by atoms with E-state index in [4.69, 9.17) is 9.72 Å². The molecule has 0 amide bonds. The van der Waals surface area contributed by atoms with Gasteiger partial charge in [-0.1, -0.05) is 42.5 Å². The number of pyridine rings is 1. The second-order valence-corrected chi connectivity index (χ2v) is 6.31. The number of aryl methyl sites for hydroxylation is 1. The molecule has 0 saturated carbocycles. The standard InChI is InChI=1S/C21H25N3O/c1-4-24(3)15-22-20-14-19(17-10-6-5-7-11-17)21(23-16(20)2)25-18-12-8-9-13-18/h5-11,14-15,18H,4,12-13H2,1-3H3. The lowest BCUT2D eigenvalue weighted by molar-refractivity contribution is 0.208. The number of nitrogens with zero attached hydrogens (tertiary/aromatic N) is 3. The van der Waals surface area contributed by atoms with Gasteiger partial charge < -0.3 is 9.64 Å². The first-order valence-corrected chi connectivity index (χ1v) is 8.80. The topological polar surface area (TPSA) is 37.7 Å². The lowest BCUT2D eigenvalue weighted by Crippen LogP contribution is -2.14. The summed E-state index contributed by atoms with van der Waals surface area (Å²) in [5, 5.41) is 0. The molecule has 0 atom stereocenters. The molecule has 0 spiro atoms. The number of hydrogen-bond acceptors (Lipinski definition) is 3. The Morgan fingerprint density at radius 2 is 1.96 bits per heavy atom. The van der Waals surface area contributed by atoms with Gasteiger partial charge in [0.1, 0.15) is 6.10 Å². The van der Waals surface area contributed by atoms with E-state index in [1.807, 2.05) is 43.4 Å². The number of aromatic nitrogens is 1. The predicted octanol–water partition coefficient (Wildman–Crippen LogP) is 4.77. The summed E-state index contributed by atoms with van der Waals surface area (Å²) in [6, 6.07) is 12.3. The summed E-state index contributed by atoms with van der Waals surface area (Å²) in [7, 11) is 2.01. The zero-order chi connectivity index (χ0) is 17.6. The number of rotatable bonds is 6. The van der Waals surface area contributed by atoms with Crippen molar-refractivity contribution in [1.29, 1.82) is 0 Å². The zero-order valence-corrected chi connectivity index (χ0v) is 15.1. The van der Waals surface area contributed by atoms with Crippen molar-refractivity contribution in [1.82, 2.24) is 9.88 Å². The molecule has 0 N–H and O–H groups in total. The molecule has 1 aromatic carbocycles. The van der Waals surface area contributed by atoms with Crippen LogP contribution in [0.3, 0.4) is 0 Å². The number of ether oxygens (including phenoxy) is 1. The third-order valence-corrected chi connectivity index (χ3v) is 4.37. The third-order valence-electron chi connectivity index (χ3n) is 4.37. The van der Waals surface area contributed by atoms with E-state index in [1.165, 1.54) is 0 Å². The Balaban J connectivity index is 1.99. The maximum absolute atomic E-state index is 6.21. The number of hydrogen-bond donors (Lipinski definition) is 0. The number of benzene rings is 1. The Labute approximate surface area is 149 Å². The van der Waals surface area contributed by atoms with E-state index in [2.05, 4.69) is 42.3 Å². The minimum atomic E-state index is 0.176. The normalized spacial score (nSPS) is 14.4. The lowest BCUT2D eigenvalue weighted by Gasteiger charge is -2.17. The van der Waals surface area contributed by atoms with Gasteiger partial charge in [-0.3, -0.25) is 0 Å². The first-order valence-electron chi connectivity index (χ1n) is 8.80. The smallest absolute Gasteiger partial charge is 0.222 e. The van der Waals surface area contributed by atoms with Crippen LogP contribution in [-0.4, -0.2) is 35.9 Å². The van der Waals surface area contributed by atoms with E-state index in [0.717, 1.165) is 41.9 Å². The molecule has 1 aromatic heterocycles. The van der Waals surface area contributed by atoms with Gasteiger partial charge in [0.15, 0.2) is 0 Å². The van der Waals surface area contributed by atoms with E-state index in [9.17, 15) is 0 Å². The van der Waals surface area contributed by atoms with Crippen LogP contribution in [0.25, 0.3) is 11.1 Å². The van der Waals surface area contributed by atoms with Crippen molar-refractivity contribution in [2.75, 3.05) is 13.6 Å². The van der Waals surface area contributed by atoms with Gasteiger partial charge in [-0.05, 0) is 25.5 Å². The average Bonchev–Trinajstić information content (AvgIpc) is 3.14. The molecular weight excluding hydrogens is 310 g/mol. The maximum Gasteiger partial charge on any atom is 0.222 e. The fraction of sp³-hybridized carbons (Fsp3) is 0.333. The van der Waals surface area contributed by atoms with E-state index in [0.29, 0.717) is 5.88 Å². The lowest BCUT2D eigenvalue weighted by atomic mass is 10.1. The molecule has 1 aliphatic rings. The van der Waals surface area contributed by atoms with Crippen LogP contribution in [0.15, 0.2) is 53.5 Å². The molecule has 2 aromatic rings. The molecule has 0 fully saturated rings.